The van der Waals surface area contributed by atoms with Crippen LogP contribution in [0.2, 0.25) is 0 Å². The summed E-state index contributed by atoms with van der Waals surface area (Å²) in [6, 6.07) is 5.97. The largest absolute Gasteiger partial charge is 0.394 e. The van der Waals surface area contributed by atoms with Crippen molar-refractivity contribution < 1.29 is 10.0 Å². The van der Waals surface area contributed by atoms with Crippen LogP contribution in [-0.2, 0) is 0 Å². The van der Waals surface area contributed by atoms with Gasteiger partial charge in [0.15, 0.2) is 0 Å². The first-order valence-corrected chi connectivity index (χ1v) is 4.21. The summed E-state index contributed by atoms with van der Waals surface area (Å²) < 4.78 is 0. The Labute approximate surface area is 81.5 Å². The molecule has 0 saturated carbocycles. The van der Waals surface area contributed by atoms with Crippen molar-refractivity contribution in [1.82, 2.24) is 5.32 Å². The topological polar surface area (TPSA) is 75.4 Å². The highest BCUT2D eigenvalue weighted by molar-refractivity contribution is 5.35. The fourth-order valence-corrected chi connectivity index (χ4v) is 1.22. The van der Waals surface area contributed by atoms with E-state index >= 15 is 0 Å². The second-order valence-corrected chi connectivity index (χ2v) is 2.88. The SMILES string of the molecule is CN[C@H](CO)c1cccc([N+](=O)[O-])c1. The first kappa shape index (κ1) is 10.6. The molecule has 0 aromatic heterocycles. The molecule has 2 N–H and O–H groups in total. The lowest BCUT2D eigenvalue weighted by Crippen LogP contribution is -2.19. The number of nitro groups is 1. The zero-order valence-corrected chi connectivity index (χ0v) is 7.80. The van der Waals surface area contributed by atoms with E-state index in [-0.39, 0.29) is 18.3 Å². The number of rotatable bonds is 4. The molecule has 0 radical (unpaired) electrons. The van der Waals surface area contributed by atoms with E-state index in [1.807, 2.05) is 0 Å². The Morgan fingerprint density at radius 1 is 1.64 bits per heavy atom. The van der Waals surface area contributed by atoms with Gasteiger partial charge < -0.3 is 10.4 Å². The van der Waals surface area contributed by atoms with E-state index in [4.69, 9.17) is 5.11 Å². The Morgan fingerprint density at radius 2 is 2.36 bits per heavy atom. The van der Waals surface area contributed by atoms with Crippen LogP contribution in [0.4, 0.5) is 5.69 Å². The molecule has 14 heavy (non-hydrogen) atoms. The number of nitro benzene ring substituents is 1. The lowest BCUT2D eigenvalue weighted by molar-refractivity contribution is -0.384. The molecule has 0 unspecified atom stereocenters. The Kier molecular flexibility index (Phi) is 3.55. The van der Waals surface area contributed by atoms with Crippen molar-refractivity contribution in [2.45, 2.75) is 6.04 Å². The van der Waals surface area contributed by atoms with Gasteiger partial charge in [-0.3, -0.25) is 10.1 Å². The maximum Gasteiger partial charge on any atom is 0.269 e. The fraction of sp³-hybridized carbons (Fsp3) is 0.333. The standard InChI is InChI=1S/C9H12N2O3/c1-10-9(6-12)7-3-2-4-8(5-7)11(13)14/h2-5,9-10,12H,6H2,1H3/t9-/m1/s1. The first-order chi connectivity index (χ1) is 6.69. The van der Waals surface area contributed by atoms with E-state index in [2.05, 4.69) is 5.32 Å². The molecule has 0 spiro atoms. The van der Waals surface area contributed by atoms with Crippen LogP contribution < -0.4 is 5.32 Å². The summed E-state index contributed by atoms with van der Waals surface area (Å²) in [4.78, 5) is 10.0. The third-order valence-corrected chi connectivity index (χ3v) is 2.01. The summed E-state index contributed by atoms with van der Waals surface area (Å²) in [5.74, 6) is 0. The highest BCUT2D eigenvalue weighted by Gasteiger charge is 2.11. The van der Waals surface area contributed by atoms with Crippen molar-refractivity contribution in [2.75, 3.05) is 13.7 Å². The van der Waals surface area contributed by atoms with Gasteiger partial charge in [-0.25, -0.2) is 0 Å². The minimum atomic E-state index is -0.451. The maximum absolute atomic E-state index is 10.5. The highest BCUT2D eigenvalue weighted by Crippen LogP contribution is 2.18. The molecule has 5 heteroatoms. The summed E-state index contributed by atoms with van der Waals surface area (Å²) in [5.41, 5.74) is 0.750. The number of hydrogen-bond acceptors (Lipinski definition) is 4. The van der Waals surface area contributed by atoms with Crippen LogP contribution in [0.5, 0.6) is 0 Å². The van der Waals surface area contributed by atoms with E-state index in [9.17, 15) is 10.1 Å². The summed E-state index contributed by atoms with van der Waals surface area (Å²) in [6.45, 7) is -0.0856. The van der Waals surface area contributed by atoms with Crippen LogP contribution >= 0.6 is 0 Å². The van der Waals surface area contributed by atoms with E-state index in [0.717, 1.165) is 0 Å². The van der Waals surface area contributed by atoms with Gasteiger partial charge in [-0.2, -0.15) is 0 Å². The summed E-state index contributed by atoms with van der Waals surface area (Å²) >= 11 is 0. The zero-order chi connectivity index (χ0) is 10.6. The van der Waals surface area contributed by atoms with Crippen LogP contribution in [0.1, 0.15) is 11.6 Å². The van der Waals surface area contributed by atoms with Crippen LogP contribution in [-0.4, -0.2) is 23.7 Å². The third-order valence-electron chi connectivity index (χ3n) is 2.01. The van der Waals surface area contributed by atoms with E-state index in [0.29, 0.717) is 5.56 Å². The van der Waals surface area contributed by atoms with Gasteiger partial charge in [0.25, 0.3) is 5.69 Å². The maximum atomic E-state index is 10.5. The van der Waals surface area contributed by atoms with Gasteiger partial charge in [0.1, 0.15) is 0 Å². The normalized spacial score (nSPS) is 12.4. The quantitative estimate of drug-likeness (QED) is 0.553. The monoisotopic (exact) mass is 196 g/mol. The second-order valence-electron chi connectivity index (χ2n) is 2.88. The molecule has 0 heterocycles. The summed E-state index contributed by atoms with van der Waals surface area (Å²) in [7, 11) is 1.69. The van der Waals surface area contributed by atoms with Crippen molar-refractivity contribution >= 4 is 5.69 Å². The predicted molar refractivity (Wildman–Crippen MR) is 52.0 cm³/mol. The smallest absolute Gasteiger partial charge is 0.269 e. The zero-order valence-electron chi connectivity index (χ0n) is 7.80. The van der Waals surface area contributed by atoms with Gasteiger partial charge in [0.2, 0.25) is 0 Å². The van der Waals surface area contributed by atoms with Crippen LogP contribution in [0.15, 0.2) is 24.3 Å². The Morgan fingerprint density at radius 3 is 2.86 bits per heavy atom. The molecule has 0 saturated heterocycles. The molecule has 0 aliphatic heterocycles. The average molecular weight is 196 g/mol. The number of likely N-dealkylation sites (N-methyl/N-ethyl adjacent to an activating group) is 1. The van der Waals surface area contributed by atoms with Crippen molar-refractivity contribution in [3.8, 4) is 0 Å². The van der Waals surface area contributed by atoms with Gasteiger partial charge in [0, 0.05) is 12.1 Å². The number of non-ortho nitro benzene ring substituents is 1. The molecule has 0 fully saturated rings. The lowest BCUT2D eigenvalue weighted by Gasteiger charge is -2.12. The molecular formula is C9H12N2O3. The molecule has 1 rings (SSSR count). The molecule has 0 aliphatic carbocycles. The van der Waals surface area contributed by atoms with Gasteiger partial charge in [0.05, 0.1) is 17.6 Å². The Bertz CT molecular complexity index is 324. The Balaban J connectivity index is 2.98. The van der Waals surface area contributed by atoms with E-state index < -0.39 is 4.92 Å². The molecule has 5 nitrogen and oxygen atoms in total. The van der Waals surface area contributed by atoms with Gasteiger partial charge in [-0.1, -0.05) is 12.1 Å². The van der Waals surface area contributed by atoms with Crippen molar-refractivity contribution in [2.24, 2.45) is 0 Å². The molecule has 1 atom stereocenters. The van der Waals surface area contributed by atoms with E-state index in [1.54, 1.807) is 19.2 Å². The molecule has 0 aliphatic rings. The number of aliphatic hydroxyl groups is 1. The number of benzene rings is 1. The first-order valence-electron chi connectivity index (χ1n) is 4.21. The second kappa shape index (κ2) is 4.69. The number of nitrogens with zero attached hydrogens (tertiary/aromatic N) is 1. The van der Waals surface area contributed by atoms with Crippen molar-refractivity contribution in [3.63, 3.8) is 0 Å². The number of hydrogen-bond donors (Lipinski definition) is 2. The lowest BCUT2D eigenvalue weighted by atomic mass is 10.1. The average Bonchev–Trinajstić information content (AvgIpc) is 2.20. The molecule has 0 bridgehead atoms. The molecule has 0 amide bonds. The summed E-state index contributed by atoms with van der Waals surface area (Å²) in [5, 5.41) is 22.3. The van der Waals surface area contributed by atoms with Crippen LogP contribution in [0, 0.1) is 10.1 Å². The van der Waals surface area contributed by atoms with Gasteiger partial charge in [-0.05, 0) is 12.6 Å². The van der Waals surface area contributed by atoms with Gasteiger partial charge >= 0.3 is 0 Å². The Hall–Kier alpha value is -1.46. The molecular weight excluding hydrogens is 184 g/mol. The highest BCUT2D eigenvalue weighted by atomic mass is 16.6. The number of nitrogens with one attached hydrogen (secondary N) is 1. The summed E-state index contributed by atoms with van der Waals surface area (Å²) in [6.07, 6.45) is 0. The fourth-order valence-electron chi connectivity index (χ4n) is 1.22. The van der Waals surface area contributed by atoms with E-state index in [1.165, 1.54) is 12.1 Å². The number of aliphatic hydroxyl groups excluding tert-OH is 1. The molecule has 1 aromatic rings. The van der Waals surface area contributed by atoms with Crippen molar-refractivity contribution in [1.29, 1.82) is 0 Å². The minimum Gasteiger partial charge on any atom is -0.394 e. The molecule has 1 aromatic carbocycles. The third kappa shape index (κ3) is 2.27. The minimum absolute atomic E-state index is 0.0381. The van der Waals surface area contributed by atoms with Gasteiger partial charge in [-0.15, -0.1) is 0 Å². The molecule has 76 valence electrons. The predicted octanol–water partition coefficient (Wildman–Crippen LogP) is 0.848. The van der Waals surface area contributed by atoms with Crippen molar-refractivity contribution in [3.05, 3.63) is 39.9 Å². The van der Waals surface area contributed by atoms with Crippen LogP contribution in [0.25, 0.3) is 0 Å². The van der Waals surface area contributed by atoms with Crippen LogP contribution in [0.3, 0.4) is 0 Å².